The number of nitrogens with one attached hydrogen (secondary N) is 2. The van der Waals surface area contributed by atoms with Crippen molar-refractivity contribution in [3.05, 3.63) is 71.3 Å². The van der Waals surface area contributed by atoms with E-state index < -0.39 is 0 Å². The highest BCUT2D eigenvalue weighted by Gasteiger charge is 2.04. The van der Waals surface area contributed by atoms with Crippen molar-refractivity contribution in [2.75, 3.05) is 13.1 Å². The van der Waals surface area contributed by atoms with Crippen LogP contribution < -0.4 is 10.6 Å². The molecule has 0 aromatic heterocycles. The highest BCUT2D eigenvalue weighted by atomic mass is 16.2. The lowest BCUT2D eigenvalue weighted by Gasteiger charge is -2.05. The fourth-order valence-corrected chi connectivity index (χ4v) is 1.94. The van der Waals surface area contributed by atoms with E-state index in [1.165, 1.54) is 0 Å². The van der Waals surface area contributed by atoms with Crippen molar-refractivity contribution in [1.29, 1.82) is 0 Å². The van der Waals surface area contributed by atoms with Crippen molar-refractivity contribution in [2.45, 2.75) is 6.92 Å². The van der Waals surface area contributed by atoms with Gasteiger partial charge in [-0.2, -0.15) is 0 Å². The van der Waals surface area contributed by atoms with Gasteiger partial charge in [-0.1, -0.05) is 41.8 Å². The van der Waals surface area contributed by atoms with E-state index in [1.54, 1.807) is 6.07 Å². The lowest BCUT2D eigenvalue weighted by atomic mass is 10.1. The standard InChI is InChI=1S/C19H18N2O2/c1-15-6-5-9-17(14-15)19(23)21-13-12-20-18(22)11-10-16-7-3-2-4-8-16/h2-9,14H,12-13H2,1H3,(H,20,22)(H,21,23). The Morgan fingerprint density at radius 2 is 1.70 bits per heavy atom. The molecule has 23 heavy (non-hydrogen) atoms. The van der Waals surface area contributed by atoms with Crippen LogP contribution in [0, 0.1) is 18.8 Å². The lowest BCUT2D eigenvalue weighted by molar-refractivity contribution is -0.115. The van der Waals surface area contributed by atoms with Gasteiger partial charge in [0.25, 0.3) is 11.8 Å². The molecule has 0 aliphatic carbocycles. The number of hydrogen-bond acceptors (Lipinski definition) is 2. The van der Waals surface area contributed by atoms with Gasteiger partial charge in [-0.25, -0.2) is 0 Å². The SMILES string of the molecule is Cc1cccc(C(=O)NCCNC(=O)C#Cc2ccccc2)c1. The van der Waals surface area contributed by atoms with Crippen LogP contribution >= 0.6 is 0 Å². The molecule has 0 aliphatic rings. The van der Waals surface area contributed by atoms with Crippen LogP contribution in [0.25, 0.3) is 0 Å². The Kier molecular flexibility index (Phi) is 5.96. The van der Waals surface area contributed by atoms with Gasteiger partial charge in [0.05, 0.1) is 0 Å². The molecule has 2 aromatic rings. The summed E-state index contributed by atoms with van der Waals surface area (Å²) in [6.07, 6.45) is 0. The molecule has 0 fully saturated rings. The number of amides is 2. The maximum Gasteiger partial charge on any atom is 0.296 e. The van der Waals surface area contributed by atoms with Gasteiger partial charge in [0.2, 0.25) is 0 Å². The minimum atomic E-state index is -0.362. The fraction of sp³-hybridized carbons (Fsp3) is 0.158. The number of benzene rings is 2. The molecule has 0 bridgehead atoms. The van der Waals surface area contributed by atoms with Crippen molar-refractivity contribution in [1.82, 2.24) is 10.6 Å². The van der Waals surface area contributed by atoms with E-state index in [1.807, 2.05) is 55.5 Å². The van der Waals surface area contributed by atoms with E-state index in [0.717, 1.165) is 11.1 Å². The van der Waals surface area contributed by atoms with Gasteiger partial charge in [-0.3, -0.25) is 9.59 Å². The molecule has 116 valence electrons. The molecule has 0 unspecified atom stereocenters. The topological polar surface area (TPSA) is 58.2 Å². The molecule has 2 N–H and O–H groups in total. The average molecular weight is 306 g/mol. The summed E-state index contributed by atoms with van der Waals surface area (Å²) in [5.74, 6) is 4.77. The summed E-state index contributed by atoms with van der Waals surface area (Å²) < 4.78 is 0. The smallest absolute Gasteiger partial charge is 0.296 e. The first-order valence-corrected chi connectivity index (χ1v) is 7.35. The molecule has 0 atom stereocenters. The van der Waals surface area contributed by atoms with Crippen LogP contribution in [0.4, 0.5) is 0 Å². The molecule has 2 rings (SSSR count). The Hall–Kier alpha value is -3.06. The third-order valence-corrected chi connectivity index (χ3v) is 3.07. The predicted molar refractivity (Wildman–Crippen MR) is 89.8 cm³/mol. The molecule has 2 amide bonds. The van der Waals surface area contributed by atoms with E-state index >= 15 is 0 Å². The van der Waals surface area contributed by atoms with Crippen LogP contribution in [0.3, 0.4) is 0 Å². The van der Waals surface area contributed by atoms with Crippen LogP contribution in [0.5, 0.6) is 0 Å². The maximum atomic E-state index is 11.9. The molecule has 2 aromatic carbocycles. The van der Waals surface area contributed by atoms with Gasteiger partial charge >= 0.3 is 0 Å². The predicted octanol–water partition coefficient (Wildman–Crippen LogP) is 1.89. The maximum absolute atomic E-state index is 11.9. The second kappa shape index (κ2) is 8.40. The Bertz CT molecular complexity index is 743. The molecule has 4 heteroatoms. The Balaban J connectivity index is 1.72. The van der Waals surface area contributed by atoms with E-state index in [4.69, 9.17) is 0 Å². The van der Waals surface area contributed by atoms with Gasteiger partial charge in [-0.15, -0.1) is 0 Å². The summed E-state index contributed by atoms with van der Waals surface area (Å²) in [7, 11) is 0. The zero-order valence-corrected chi connectivity index (χ0v) is 12.9. The lowest BCUT2D eigenvalue weighted by Crippen LogP contribution is -2.34. The molecule has 0 heterocycles. The Labute approximate surface area is 135 Å². The average Bonchev–Trinajstić information content (AvgIpc) is 2.57. The molecule has 0 saturated carbocycles. The van der Waals surface area contributed by atoms with Gasteiger partial charge in [-0.05, 0) is 31.2 Å². The normalized spacial score (nSPS) is 9.43. The van der Waals surface area contributed by atoms with Gasteiger partial charge in [0.15, 0.2) is 0 Å². The van der Waals surface area contributed by atoms with Gasteiger partial charge in [0, 0.05) is 30.1 Å². The second-order valence-electron chi connectivity index (χ2n) is 5.00. The summed E-state index contributed by atoms with van der Waals surface area (Å²) in [6.45, 7) is 2.62. The Morgan fingerprint density at radius 3 is 2.43 bits per heavy atom. The number of carbonyl (C=O) groups is 2. The number of carbonyl (C=O) groups excluding carboxylic acids is 2. The van der Waals surface area contributed by atoms with Crippen LogP contribution in [-0.4, -0.2) is 24.9 Å². The molecule has 0 radical (unpaired) electrons. The monoisotopic (exact) mass is 306 g/mol. The fourth-order valence-electron chi connectivity index (χ4n) is 1.94. The van der Waals surface area contributed by atoms with Crippen molar-refractivity contribution in [3.8, 4) is 11.8 Å². The first-order valence-electron chi connectivity index (χ1n) is 7.35. The van der Waals surface area contributed by atoms with Crippen molar-refractivity contribution in [2.24, 2.45) is 0 Å². The van der Waals surface area contributed by atoms with Crippen LogP contribution in [-0.2, 0) is 4.79 Å². The minimum absolute atomic E-state index is 0.154. The molecule has 4 nitrogen and oxygen atoms in total. The van der Waals surface area contributed by atoms with Gasteiger partial charge in [0.1, 0.15) is 0 Å². The summed E-state index contributed by atoms with van der Waals surface area (Å²) in [6, 6.07) is 16.6. The third kappa shape index (κ3) is 5.68. The quantitative estimate of drug-likeness (QED) is 0.669. The minimum Gasteiger partial charge on any atom is -0.350 e. The molecular weight excluding hydrogens is 288 g/mol. The van der Waals surface area contributed by atoms with E-state index in [-0.39, 0.29) is 11.8 Å². The zero-order valence-electron chi connectivity index (χ0n) is 12.9. The number of hydrogen-bond donors (Lipinski definition) is 2. The van der Waals surface area contributed by atoms with Crippen molar-refractivity contribution >= 4 is 11.8 Å². The van der Waals surface area contributed by atoms with Crippen molar-refractivity contribution in [3.63, 3.8) is 0 Å². The largest absolute Gasteiger partial charge is 0.350 e. The molecular formula is C19H18N2O2. The highest BCUT2D eigenvalue weighted by Crippen LogP contribution is 2.03. The zero-order chi connectivity index (χ0) is 16.5. The summed E-state index contributed by atoms with van der Waals surface area (Å²) in [5, 5.41) is 5.40. The van der Waals surface area contributed by atoms with Crippen molar-refractivity contribution < 1.29 is 9.59 Å². The number of rotatable bonds is 4. The van der Waals surface area contributed by atoms with E-state index in [2.05, 4.69) is 22.5 Å². The molecule has 0 saturated heterocycles. The van der Waals surface area contributed by atoms with E-state index in [9.17, 15) is 9.59 Å². The van der Waals surface area contributed by atoms with Gasteiger partial charge < -0.3 is 10.6 Å². The highest BCUT2D eigenvalue weighted by molar-refractivity contribution is 5.95. The molecule has 0 aliphatic heterocycles. The Morgan fingerprint density at radius 1 is 0.957 bits per heavy atom. The van der Waals surface area contributed by atoms with Crippen LogP contribution in [0.1, 0.15) is 21.5 Å². The summed E-state index contributed by atoms with van der Waals surface area (Å²) >= 11 is 0. The first kappa shape index (κ1) is 16.3. The molecule has 0 spiro atoms. The summed E-state index contributed by atoms with van der Waals surface area (Å²) in [5.41, 5.74) is 2.43. The second-order valence-corrected chi connectivity index (χ2v) is 5.00. The number of aryl methyl sites for hydroxylation is 1. The summed E-state index contributed by atoms with van der Waals surface area (Å²) in [4.78, 5) is 23.5. The van der Waals surface area contributed by atoms with Crippen LogP contribution in [0.2, 0.25) is 0 Å². The van der Waals surface area contributed by atoms with Crippen LogP contribution in [0.15, 0.2) is 54.6 Å². The first-order chi connectivity index (χ1) is 11.1. The third-order valence-electron chi connectivity index (χ3n) is 3.07. The van der Waals surface area contributed by atoms with E-state index in [0.29, 0.717) is 18.7 Å².